The molecule has 1 saturated carbocycles. The number of aliphatic imine (C=N–C) groups is 1. The number of carbonyl (C=O) groups is 1. The third-order valence-corrected chi connectivity index (χ3v) is 3.74. The number of guanidine groups is 1. The average molecular weight is 438 g/mol. The van der Waals surface area contributed by atoms with Crippen molar-refractivity contribution in [3.63, 3.8) is 0 Å². The molecule has 1 aliphatic rings. The highest BCUT2D eigenvalue weighted by Gasteiger charge is 2.16. The minimum absolute atomic E-state index is 0. The number of nitrogens with one attached hydrogen (secondary N) is 3. The molecule has 0 heterocycles. The zero-order chi connectivity index (χ0) is 16.4. The van der Waals surface area contributed by atoms with Crippen LogP contribution in [0.5, 0.6) is 0 Å². The van der Waals surface area contributed by atoms with Crippen molar-refractivity contribution in [3.8, 4) is 0 Å². The Bertz CT molecular complexity index is 360. The van der Waals surface area contributed by atoms with Crippen molar-refractivity contribution >= 4 is 35.8 Å². The second kappa shape index (κ2) is 11.9. The number of halogens is 1. The minimum Gasteiger partial charge on any atom is -0.357 e. The quantitative estimate of drug-likeness (QED) is 0.259. The third-order valence-electron chi connectivity index (χ3n) is 3.74. The first-order chi connectivity index (χ1) is 10.4. The molecule has 5 nitrogen and oxygen atoms in total. The standard InChI is InChI=1S/C17H34N4O.HI/c1-5-18-16(21-17(2,3)4)20-12-11-19-15(22)13-14-9-7-6-8-10-14;/h14H,5-13H2,1-4H3,(H,19,22)(H2,18,20,21);1H. The Morgan fingerprint density at radius 1 is 1.13 bits per heavy atom. The maximum absolute atomic E-state index is 11.9. The fourth-order valence-electron chi connectivity index (χ4n) is 2.75. The summed E-state index contributed by atoms with van der Waals surface area (Å²) in [5.41, 5.74) is -0.0226. The molecule has 1 rings (SSSR count). The van der Waals surface area contributed by atoms with Crippen LogP contribution in [0.2, 0.25) is 0 Å². The molecular weight excluding hydrogens is 403 g/mol. The molecule has 0 aromatic carbocycles. The van der Waals surface area contributed by atoms with Crippen molar-refractivity contribution in [2.45, 2.75) is 71.8 Å². The first-order valence-corrected chi connectivity index (χ1v) is 8.74. The van der Waals surface area contributed by atoms with Crippen molar-refractivity contribution in [1.29, 1.82) is 0 Å². The summed E-state index contributed by atoms with van der Waals surface area (Å²) in [6.07, 6.45) is 7.02. The lowest BCUT2D eigenvalue weighted by Crippen LogP contribution is -2.47. The van der Waals surface area contributed by atoms with Crippen molar-refractivity contribution in [3.05, 3.63) is 0 Å². The Labute approximate surface area is 158 Å². The Morgan fingerprint density at radius 2 is 1.78 bits per heavy atom. The summed E-state index contributed by atoms with van der Waals surface area (Å²) in [6, 6.07) is 0. The van der Waals surface area contributed by atoms with Crippen LogP contribution in [-0.4, -0.2) is 37.0 Å². The molecule has 3 N–H and O–H groups in total. The monoisotopic (exact) mass is 438 g/mol. The van der Waals surface area contributed by atoms with E-state index in [9.17, 15) is 4.79 Å². The van der Waals surface area contributed by atoms with E-state index in [-0.39, 0.29) is 35.4 Å². The predicted molar refractivity (Wildman–Crippen MR) is 108 cm³/mol. The van der Waals surface area contributed by atoms with Crippen molar-refractivity contribution < 1.29 is 4.79 Å². The Balaban J connectivity index is 0.00000484. The van der Waals surface area contributed by atoms with Crippen LogP contribution in [0, 0.1) is 5.92 Å². The van der Waals surface area contributed by atoms with Gasteiger partial charge in [0.25, 0.3) is 0 Å². The van der Waals surface area contributed by atoms with Crippen LogP contribution in [0.3, 0.4) is 0 Å². The van der Waals surface area contributed by atoms with E-state index in [1.807, 2.05) is 6.92 Å². The molecule has 1 amide bonds. The molecule has 0 bridgehead atoms. The molecule has 0 aromatic heterocycles. The Kier molecular flexibility index (Phi) is 11.6. The van der Waals surface area contributed by atoms with Gasteiger partial charge >= 0.3 is 0 Å². The Hall–Kier alpha value is -0.530. The zero-order valence-electron chi connectivity index (χ0n) is 15.2. The van der Waals surface area contributed by atoms with E-state index in [0.717, 1.165) is 12.5 Å². The smallest absolute Gasteiger partial charge is 0.220 e. The van der Waals surface area contributed by atoms with Gasteiger partial charge < -0.3 is 16.0 Å². The van der Waals surface area contributed by atoms with Gasteiger partial charge in [-0.25, -0.2) is 0 Å². The fraction of sp³-hybridized carbons (Fsp3) is 0.882. The topological polar surface area (TPSA) is 65.5 Å². The third kappa shape index (κ3) is 11.6. The van der Waals surface area contributed by atoms with Crippen molar-refractivity contribution in [2.75, 3.05) is 19.6 Å². The van der Waals surface area contributed by atoms with Crippen LogP contribution in [0.1, 0.15) is 66.2 Å². The highest BCUT2D eigenvalue weighted by atomic mass is 127. The second-order valence-corrected chi connectivity index (χ2v) is 7.19. The van der Waals surface area contributed by atoms with Gasteiger partial charge in [0.15, 0.2) is 5.96 Å². The zero-order valence-corrected chi connectivity index (χ0v) is 17.5. The van der Waals surface area contributed by atoms with E-state index in [1.165, 1.54) is 32.1 Å². The van der Waals surface area contributed by atoms with Crippen molar-refractivity contribution in [1.82, 2.24) is 16.0 Å². The summed E-state index contributed by atoms with van der Waals surface area (Å²) < 4.78 is 0. The van der Waals surface area contributed by atoms with Gasteiger partial charge in [0.1, 0.15) is 0 Å². The van der Waals surface area contributed by atoms with Gasteiger partial charge in [-0.05, 0) is 46.5 Å². The summed E-state index contributed by atoms with van der Waals surface area (Å²) in [7, 11) is 0. The highest BCUT2D eigenvalue weighted by Crippen LogP contribution is 2.25. The molecule has 0 unspecified atom stereocenters. The highest BCUT2D eigenvalue weighted by molar-refractivity contribution is 14.0. The van der Waals surface area contributed by atoms with Gasteiger partial charge in [-0.3, -0.25) is 9.79 Å². The molecule has 0 saturated heterocycles. The lowest BCUT2D eigenvalue weighted by atomic mass is 9.87. The van der Waals surface area contributed by atoms with Crippen molar-refractivity contribution in [2.24, 2.45) is 10.9 Å². The number of amides is 1. The molecule has 0 aliphatic heterocycles. The Morgan fingerprint density at radius 3 is 2.35 bits per heavy atom. The maximum Gasteiger partial charge on any atom is 0.220 e. The van der Waals surface area contributed by atoms with E-state index in [0.29, 0.717) is 25.4 Å². The van der Waals surface area contributed by atoms with Crippen LogP contribution in [0.4, 0.5) is 0 Å². The van der Waals surface area contributed by atoms with Crippen LogP contribution in [0.15, 0.2) is 4.99 Å². The van der Waals surface area contributed by atoms with Gasteiger partial charge in [0.05, 0.1) is 6.54 Å². The van der Waals surface area contributed by atoms with Crippen LogP contribution < -0.4 is 16.0 Å². The number of carbonyl (C=O) groups excluding carboxylic acids is 1. The van der Waals surface area contributed by atoms with E-state index >= 15 is 0 Å². The summed E-state index contributed by atoms with van der Waals surface area (Å²) in [4.78, 5) is 16.4. The minimum atomic E-state index is -0.0226. The van der Waals surface area contributed by atoms with Crippen LogP contribution in [0.25, 0.3) is 0 Å². The number of rotatable bonds is 6. The summed E-state index contributed by atoms with van der Waals surface area (Å²) >= 11 is 0. The van der Waals surface area contributed by atoms with Gasteiger partial charge in [0, 0.05) is 25.0 Å². The molecule has 1 fully saturated rings. The SMILES string of the molecule is CCNC(=NCCNC(=O)CC1CCCCC1)NC(C)(C)C.I. The number of hydrogen-bond acceptors (Lipinski definition) is 2. The molecule has 0 spiro atoms. The predicted octanol–water partition coefficient (Wildman–Crippen LogP) is 3.04. The summed E-state index contributed by atoms with van der Waals surface area (Å²) in [6.45, 7) is 10.4. The normalized spacial score (nSPS) is 16.4. The largest absolute Gasteiger partial charge is 0.357 e. The van der Waals surface area contributed by atoms with Crippen LogP contribution >= 0.6 is 24.0 Å². The average Bonchev–Trinajstić information content (AvgIpc) is 2.43. The summed E-state index contributed by atoms with van der Waals surface area (Å²) in [5, 5.41) is 9.54. The van der Waals surface area contributed by atoms with E-state index < -0.39 is 0 Å². The fourth-order valence-corrected chi connectivity index (χ4v) is 2.75. The molecule has 6 heteroatoms. The van der Waals surface area contributed by atoms with E-state index in [2.05, 4.69) is 41.7 Å². The molecule has 136 valence electrons. The second-order valence-electron chi connectivity index (χ2n) is 7.19. The first-order valence-electron chi connectivity index (χ1n) is 8.74. The molecule has 0 radical (unpaired) electrons. The van der Waals surface area contributed by atoms with Crippen LogP contribution in [-0.2, 0) is 4.79 Å². The number of hydrogen-bond donors (Lipinski definition) is 3. The van der Waals surface area contributed by atoms with Gasteiger partial charge in [-0.15, -0.1) is 24.0 Å². The molecule has 1 aliphatic carbocycles. The van der Waals surface area contributed by atoms with Gasteiger partial charge in [0.2, 0.25) is 5.91 Å². The lowest BCUT2D eigenvalue weighted by molar-refractivity contribution is -0.122. The molecule has 0 aromatic rings. The first kappa shape index (κ1) is 22.5. The summed E-state index contributed by atoms with van der Waals surface area (Å²) in [5.74, 6) is 1.57. The van der Waals surface area contributed by atoms with E-state index in [4.69, 9.17) is 0 Å². The molecule has 23 heavy (non-hydrogen) atoms. The number of nitrogens with zero attached hydrogens (tertiary/aromatic N) is 1. The maximum atomic E-state index is 11.9. The lowest BCUT2D eigenvalue weighted by Gasteiger charge is -2.23. The molecule has 0 atom stereocenters. The van der Waals surface area contributed by atoms with Gasteiger partial charge in [-0.2, -0.15) is 0 Å². The van der Waals surface area contributed by atoms with Gasteiger partial charge in [-0.1, -0.05) is 19.3 Å². The van der Waals surface area contributed by atoms with E-state index in [1.54, 1.807) is 0 Å². The molecular formula is C17H35IN4O.